The normalized spacial score (nSPS) is 15.1. The summed E-state index contributed by atoms with van der Waals surface area (Å²) in [5.41, 5.74) is 2.52. The van der Waals surface area contributed by atoms with Crippen LogP contribution in [0.2, 0.25) is 0 Å². The number of nitrogens with zero attached hydrogens (tertiary/aromatic N) is 1. The maximum atomic E-state index is 12.9. The summed E-state index contributed by atoms with van der Waals surface area (Å²) >= 11 is 1.42. The zero-order valence-corrected chi connectivity index (χ0v) is 19.6. The molecular formula is C27H24N2O4S. The van der Waals surface area contributed by atoms with Gasteiger partial charge in [-0.15, -0.1) is 11.3 Å². The summed E-state index contributed by atoms with van der Waals surface area (Å²) < 4.78 is 4.75. The lowest BCUT2D eigenvalue weighted by molar-refractivity contribution is -0.121. The number of likely N-dealkylation sites (tertiary alicyclic amines) is 1. The minimum Gasteiger partial charge on any atom is -0.465 e. The molecule has 34 heavy (non-hydrogen) atoms. The van der Waals surface area contributed by atoms with Gasteiger partial charge < -0.3 is 15.0 Å². The second-order valence-electron chi connectivity index (χ2n) is 7.96. The van der Waals surface area contributed by atoms with Gasteiger partial charge in [0.2, 0.25) is 5.91 Å². The molecule has 0 bridgehead atoms. The molecule has 2 amide bonds. The van der Waals surface area contributed by atoms with Crippen LogP contribution in [0.4, 0.5) is 5.69 Å². The predicted octanol–water partition coefficient (Wildman–Crippen LogP) is 4.43. The number of hydrogen-bond acceptors (Lipinski definition) is 5. The number of amides is 2. The van der Waals surface area contributed by atoms with Gasteiger partial charge in [0.15, 0.2) is 0 Å². The van der Waals surface area contributed by atoms with Crippen molar-refractivity contribution in [2.24, 2.45) is 5.92 Å². The quantitative estimate of drug-likeness (QED) is 0.450. The molecule has 1 aromatic heterocycles. The summed E-state index contributed by atoms with van der Waals surface area (Å²) in [6.07, 6.45) is 1.54. The number of esters is 1. The lowest BCUT2D eigenvalue weighted by Gasteiger charge is -2.31. The number of methoxy groups -OCH3 is 1. The van der Waals surface area contributed by atoms with Crippen LogP contribution in [0.1, 0.15) is 44.0 Å². The summed E-state index contributed by atoms with van der Waals surface area (Å²) in [6, 6.07) is 17.9. The second kappa shape index (κ2) is 10.8. The van der Waals surface area contributed by atoms with E-state index in [1.165, 1.54) is 18.4 Å². The SMILES string of the molecule is COC(=O)c1cccc(C#Cc2cccc(NC(=O)C3CCCN(C(=O)c4cccs4)C3)c2)c1. The number of rotatable bonds is 4. The van der Waals surface area contributed by atoms with E-state index in [1.807, 2.05) is 47.8 Å². The fourth-order valence-corrected chi connectivity index (χ4v) is 4.53. The van der Waals surface area contributed by atoms with Crippen molar-refractivity contribution in [1.29, 1.82) is 0 Å². The maximum absolute atomic E-state index is 12.9. The summed E-state index contributed by atoms with van der Waals surface area (Å²) in [7, 11) is 1.34. The highest BCUT2D eigenvalue weighted by Gasteiger charge is 2.29. The van der Waals surface area contributed by atoms with E-state index in [2.05, 4.69) is 17.2 Å². The number of ether oxygens (including phenoxy) is 1. The highest BCUT2D eigenvalue weighted by atomic mass is 32.1. The molecule has 0 aliphatic carbocycles. The minimum absolute atomic E-state index is 0.0129. The van der Waals surface area contributed by atoms with Crippen LogP contribution in [-0.2, 0) is 9.53 Å². The first-order valence-corrected chi connectivity index (χ1v) is 11.9. The zero-order chi connectivity index (χ0) is 23.9. The molecule has 7 heteroatoms. The van der Waals surface area contributed by atoms with Crippen LogP contribution in [-0.4, -0.2) is 42.9 Å². The van der Waals surface area contributed by atoms with Crippen molar-refractivity contribution in [3.05, 3.63) is 87.6 Å². The van der Waals surface area contributed by atoms with Gasteiger partial charge in [-0.25, -0.2) is 4.79 Å². The highest BCUT2D eigenvalue weighted by molar-refractivity contribution is 7.12. The van der Waals surface area contributed by atoms with Crippen molar-refractivity contribution < 1.29 is 19.1 Å². The average molecular weight is 473 g/mol. The van der Waals surface area contributed by atoms with Crippen LogP contribution in [0.15, 0.2) is 66.0 Å². The molecule has 0 spiro atoms. The van der Waals surface area contributed by atoms with Crippen molar-refractivity contribution >= 4 is 34.8 Å². The molecule has 2 heterocycles. The fourth-order valence-electron chi connectivity index (χ4n) is 3.84. The predicted molar refractivity (Wildman–Crippen MR) is 132 cm³/mol. The van der Waals surface area contributed by atoms with Crippen LogP contribution < -0.4 is 5.32 Å². The Morgan fingerprint density at radius 2 is 1.79 bits per heavy atom. The van der Waals surface area contributed by atoms with Gasteiger partial charge in [-0.05, 0) is 60.7 Å². The van der Waals surface area contributed by atoms with Crippen molar-refractivity contribution in [3.63, 3.8) is 0 Å². The zero-order valence-electron chi connectivity index (χ0n) is 18.7. The topological polar surface area (TPSA) is 75.7 Å². The van der Waals surface area contributed by atoms with E-state index >= 15 is 0 Å². The third kappa shape index (κ3) is 5.72. The van der Waals surface area contributed by atoms with E-state index in [-0.39, 0.29) is 17.7 Å². The Bertz CT molecular complexity index is 1260. The molecule has 2 aromatic carbocycles. The Labute approximate surface area is 202 Å². The van der Waals surface area contributed by atoms with Gasteiger partial charge in [-0.2, -0.15) is 0 Å². The number of piperidine rings is 1. The lowest BCUT2D eigenvalue weighted by Crippen LogP contribution is -2.43. The molecule has 1 atom stereocenters. The maximum Gasteiger partial charge on any atom is 0.337 e. The number of anilines is 1. The molecule has 4 rings (SSSR count). The van der Waals surface area contributed by atoms with Gasteiger partial charge in [-0.3, -0.25) is 9.59 Å². The van der Waals surface area contributed by atoms with Gasteiger partial charge in [0.05, 0.1) is 23.5 Å². The van der Waals surface area contributed by atoms with Crippen LogP contribution in [0.25, 0.3) is 0 Å². The van der Waals surface area contributed by atoms with Crippen molar-refractivity contribution in [1.82, 2.24) is 4.90 Å². The first-order chi connectivity index (χ1) is 16.5. The fraction of sp³-hybridized carbons (Fsp3) is 0.222. The number of nitrogens with one attached hydrogen (secondary N) is 1. The van der Waals surface area contributed by atoms with Crippen molar-refractivity contribution in [2.75, 3.05) is 25.5 Å². The number of thiophene rings is 1. The number of carbonyl (C=O) groups is 3. The Kier molecular flexibility index (Phi) is 7.41. The molecule has 1 saturated heterocycles. The van der Waals surface area contributed by atoms with E-state index in [0.29, 0.717) is 34.8 Å². The Morgan fingerprint density at radius 1 is 1.03 bits per heavy atom. The first kappa shape index (κ1) is 23.3. The third-order valence-electron chi connectivity index (χ3n) is 5.58. The minimum atomic E-state index is -0.410. The first-order valence-electron chi connectivity index (χ1n) is 11.0. The number of hydrogen-bond donors (Lipinski definition) is 1. The molecule has 1 N–H and O–H groups in total. The molecule has 0 saturated carbocycles. The smallest absolute Gasteiger partial charge is 0.337 e. The monoisotopic (exact) mass is 472 g/mol. The van der Waals surface area contributed by atoms with Crippen molar-refractivity contribution in [2.45, 2.75) is 12.8 Å². The Morgan fingerprint density at radius 3 is 2.53 bits per heavy atom. The van der Waals surface area contributed by atoms with Gasteiger partial charge in [0, 0.05) is 29.9 Å². The number of carbonyl (C=O) groups excluding carboxylic acids is 3. The van der Waals surface area contributed by atoms with Gasteiger partial charge >= 0.3 is 5.97 Å². The third-order valence-corrected chi connectivity index (χ3v) is 6.43. The van der Waals surface area contributed by atoms with E-state index in [4.69, 9.17) is 4.74 Å². The molecule has 1 aliphatic heterocycles. The molecule has 6 nitrogen and oxygen atoms in total. The van der Waals surface area contributed by atoms with Crippen LogP contribution in [0, 0.1) is 17.8 Å². The largest absolute Gasteiger partial charge is 0.465 e. The summed E-state index contributed by atoms with van der Waals surface area (Å²) in [5.74, 6) is 5.34. The highest BCUT2D eigenvalue weighted by Crippen LogP contribution is 2.22. The molecule has 0 radical (unpaired) electrons. The summed E-state index contributed by atoms with van der Waals surface area (Å²) in [6.45, 7) is 1.08. The van der Waals surface area contributed by atoms with E-state index in [9.17, 15) is 14.4 Å². The Balaban J connectivity index is 1.41. The second-order valence-corrected chi connectivity index (χ2v) is 8.91. The lowest BCUT2D eigenvalue weighted by atomic mass is 9.96. The van der Waals surface area contributed by atoms with E-state index < -0.39 is 5.97 Å². The molecule has 1 unspecified atom stereocenters. The van der Waals surface area contributed by atoms with Crippen LogP contribution in [0.5, 0.6) is 0 Å². The van der Waals surface area contributed by atoms with Gasteiger partial charge in [0.1, 0.15) is 0 Å². The molecule has 172 valence electrons. The van der Waals surface area contributed by atoms with Gasteiger partial charge in [0.25, 0.3) is 5.91 Å². The number of benzene rings is 2. The molecular weight excluding hydrogens is 448 g/mol. The molecule has 3 aromatic rings. The van der Waals surface area contributed by atoms with Crippen molar-refractivity contribution in [3.8, 4) is 11.8 Å². The standard InChI is InChI=1S/C27H24N2O4S/c1-33-27(32)21-8-2-6-19(16-21)12-13-20-7-3-10-23(17-20)28-25(30)22-9-4-14-29(18-22)26(31)24-11-5-15-34-24/h2-3,5-8,10-11,15-17,22H,4,9,14,18H2,1H3,(H,28,30). The van der Waals surface area contributed by atoms with Gasteiger partial charge in [-0.1, -0.05) is 30.0 Å². The Hall–Kier alpha value is -3.89. The molecule has 1 fully saturated rings. The van der Waals surface area contributed by atoms with E-state index in [1.54, 1.807) is 23.1 Å². The van der Waals surface area contributed by atoms with E-state index in [0.717, 1.165) is 18.4 Å². The average Bonchev–Trinajstić information content (AvgIpc) is 3.42. The van der Waals surface area contributed by atoms with Crippen LogP contribution in [0.3, 0.4) is 0 Å². The molecule has 1 aliphatic rings. The summed E-state index contributed by atoms with van der Waals surface area (Å²) in [4.78, 5) is 39.7. The summed E-state index contributed by atoms with van der Waals surface area (Å²) in [5, 5.41) is 4.85. The van der Waals surface area contributed by atoms with Crippen LogP contribution >= 0.6 is 11.3 Å².